The molecular weight excluding hydrogens is 192 g/mol. The lowest BCUT2D eigenvalue weighted by Crippen LogP contribution is -2.18. The third kappa shape index (κ3) is 2.55. The number of nitrogens with zero attached hydrogens (tertiary/aromatic N) is 1. The smallest absolute Gasteiger partial charge is 0.0798 e. The van der Waals surface area contributed by atoms with E-state index in [0.717, 1.165) is 24.9 Å². The van der Waals surface area contributed by atoms with E-state index in [4.69, 9.17) is 0 Å². The Morgan fingerprint density at radius 1 is 1.57 bits per heavy atom. The van der Waals surface area contributed by atoms with Crippen molar-refractivity contribution in [2.24, 2.45) is 5.92 Å². The normalized spacial score (nSPS) is 16.5. The largest absolute Gasteiger partial charge is 0.312 e. The van der Waals surface area contributed by atoms with Crippen LogP contribution in [-0.4, -0.2) is 11.5 Å². The summed E-state index contributed by atoms with van der Waals surface area (Å²) in [5.41, 5.74) is 3.35. The Morgan fingerprint density at radius 3 is 3.00 bits per heavy atom. The highest BCUT2D eigenvalue weighted by atomic mass is 32.1. The fourth-order valence-electron chi connectivity index (χ4n) is 1.58. The summed E-state index contributed by atoms with van der Waals surface area (Å²) in [7, 11) is 0. The molecule has 0 aliphatic heterocycles. The van der Waals surface area contributed by atoms with Crippen molar-refractivity contribution in [2.75, 3.05) is 6.54 Å². The third-order valence-corrected chi connectivity index (χ3v) is 3.32. The summed E-state index contributed by atoms with van der Waals surface area (Å²) in [5.74, 6) is 1.52. The second kappa shape index (κ2) is 4.41. The Balaban J connectivity index is 1.85. The van der Waals surface area contributed by atoms with E-state index in [0.29, 0.717) is 0 Å². The molecular formula is C11H18N2S. The standard InChI is InChI=1S/C11H18N2S/c1-8(2)5-12-6-10-11(9-3-4-9)13-7-14-10/h7-9,12H,3-6H2,1-2H3. The summed E-state index contributed by atoms with van der Waals surface area (Å²) in [6.45, 7) is 6.58. The lowest BCUT2D eigenvalue weighted by atomic mass is 10.2. The zero-order valence-electron chi connectivity index (χ0n) is 8.92. The quantitative estimate of drug-likeness (QED) is 0.808. The molecule has 1 aromatic rings. The second-order valence-corrected chi connectivity index (χ2v) is 5.40. The van der Waals surface area contributed by atoms with Crippen LogP contribution in [0.5, 0.6) is 0 Å². The third-order valence-electron chi connectivity index (χ3n) is 2.47. The molecule has 0 atom stereocenters. The van der Waals surface area contributed by atoms with Gasteiger partial charge in [0.1, 0.15) is 0 Å². The summed E-state index contributed by atoms with van der Waals surface area (Å²) < 4.78 is 0. The van der Waals surface area contributed by atoms with Gasteiger partial charge in [-0.3, -0.25) is 0 Å². The molecule has 1 aromatic heterocycles. The molecule has 0 amide bonds. The Morgan fingerprint density at radius 2 is 2.36 bits per heavy atom. The van der Waals surface area contributed by atoms with Crippen molar-refractivity contribution in [3.63, 3.8) is 0 Å². The molecule has 1 aliphatic rings. The molecule has 2 rings (SSSR count). The van der Waals surface area contributed by atoms with Crippen molar-refractivity contribution in [3.05, 3.63) is 16.1 Å². The van der Waals surface area contributed by atoms with E-state index in [1.807, 2.05) is 5.51 Å². The molecule has 0 radical (unpaired) electrons. The van der Waals surface area contributed by atoms with Gasteiger partial charge in [-0.25, -0.2) is 4.98 Å². The predicted octanol–water partition coefficient (Wildman–Crippen LogP) is 2.77. The number of hydrogen-bond donors (Lipinski definition) is 1. The Labute approximate surface area is 89.8 Å². The minimum atomic E-state index is 0.729. The average molecular weight is 210 g/mol. The number of thiazole rings is 1. The van der Waals surface area contributed by atoms with E-state index >= 15 is 0 Å². The highest BCUT2D eigenvalue weighted by Gasteiger charge is 2.27. The summed E-state index contributed by atoms with van der Waals surface area (Å²) in [6, 6.07) is 0. The molecule has 0 spiro atoms. The van der Waals surface area contributed by atoms with Crippen LogP contribution in [0.25, 0.3) is 0 Å². The molecule has 14 heavy (non-hydrogen) atoms. The van der Waals surface area contributed by atoms with Crippen LogP contribution in [0.4, 0.5) is 0 Å². The molecule has 0 bridgehead atoms. The van der Waals surface area contributed by atoms with Crippen LogP contribution < -0.4 is 5.32 Å². The topological polar surface area (TPSA) is 24.9 Å². The summed E-state index contributed by atoms with van der Waals surface area (Å²) in [6.07, 6.45) is 2.70. The first-order valence-electron chi connectivity index (χ1n) is 5.40. The first-order valence-corrected chi connectivity index (χ1v) is 6.28. The molecule has 2 nitrogen and oxygen atoms in total. The van der Waals surface area contributed by atoms with Crippen LogP contribution in [0, 0.1) is 5.92 Å². The van der Waals surface area contributed by atoms with E-state index in [9.17, 15) is 0 Å². The van der Waals surface area contributed by atoms with Crippen molar-refractivity contribution in [2.45, 2.75) is 39.2 Å². The summed E-state index contributed by atoms with van der Waals surface area (Å²) in [5, 5.41) is 3.48. The fourth-order valence-corrected chi connectivity index (χ4v) is 2.39. The van der Waals surface area contributed by atoms with Gasteiger partial charge in [0.2, 0.25) is 0 Å². The number of nitrogens with one attached hydrogen (secondary N) is 1. The molecule has 0 unspecified atom stereocenters. The maximum atomic E-state index is 4.45. The van der Waals surface area contributed by atoms with E-state index < -0.39 is 0 Å². The van der Waals surface area contributed by atoms with Crippen molar-refractivity contribution in [1.29, 1.82) is 0 Å². The Kier molecular flexibility index (Phi) is 3.19. The fraction of sp³-hybridized carbons (Fsp3) is 0.727. The lowest BCUT2D eigenvalue weighted by Gasteiger charge is -2.06. The van der Waals surface area contributed by atoms with Gasteiger partial charge in [-0.1, -0.05) is 13.8 Å². The summed E-state index contributed by atoms with van der Waals surface area (Å²) in [4.78, 5) is 5.91. The van der Waals surface area contributed by atoms with Gasteiger partial charge in [-0.05, 0) is 25.3 Å². The zero-order chi connectivity index (χ0) is 9.97. The van der Waals surface area contributed by atoms with Gasteiger partial charge < -0.3 is 5.32 Å². The molecule has 1 aliphatic carbocycles. The van der Waals surface area contributed by atoms with Gasteiger partial charge in [0, 0.05) is 17.3 Å². The molecule has 1 saturated carbocycles. The minimum Gasteiger partial charge on any atom is -0.312 e. The minimum absolute atomic E-state index is 0.729. The van der Waals surface area contributed by atoms with Gasteiger partial charge >= 0.3 is 0 Å². The van der Waals surface area contributed by atoms with Crippen LogP contribution in [-0.2, 0) is 6.54 Å². The Bertz CT molecular complexity index is 289. The van der Waals surface area contributed by atoms with Crippen LogP contribution in [0.1, 0.15) is 43.2 Å². The lowest BCUT2D eigenvalue weighted by molar-refractivity contribution is 0.553. The predicted molar refractivity (Wildman–Crippen MR) is 60.6 cm³/mol. The monoisotopic (exact) mass is 210 g/mol. The van der Waals surface area contributed by atoms with E-state index in [-0.39, 0.29) is 0 Å². The zero-order valence-corrected chi connectivity index (χ0v) is 9.73. The van der Waals surface area contributed by atoms with Crippen molar-refractivity contribution >= 4 is 11.3 Å². The molecule has 1 N–H and O–H groups in total. The van der Waals surface area contributed by atoms with E-state index in [2.05, 4.69) is 24.1 Å². The molecule has 78 valence electrons. The molecule has 1 fully saturated rings. The Hall–Kier alpha value is -0.410. The highest BCUT2D eigenvalue weighted by molar-refractivity contribution is 7.09. The van der Waals surface area contributed by atoms with Gasteiger partial charge in [0.15, 0.2) is 0 Å². The van der Waals surface area contributed by atoms with Gasteiger partial charge in [0.05, 0.1) is 11.2 Å². The number of aromatic nitrogens is 1. The van der Waals surface area contributed by atoms with Crippen molar-refractivity contribution < 1.29 is 0 Å². The van der Waals surface area contributed by atoms with Crippen LogP contribution in [0.3, 0.4) is 0 Å². The van der Waals surface area contributed by atoms with Crippen LogP contribution in [0.2, 0.25) is 0 Å². The summed E-state index contributed by atoms with van der Waals surface area (Å²) >= 11 is 1.80. The van der Waals surface area contributed by atoms with Crippen LogP contribution in [0.15, 0.2) is 5.51 Å². The maximum absolute atomic E-state index is 4.45. The molecule has 0 aromatic carbocycles. The van der Waals surface area contributed by atoms with Crippen molar-refractivity contribution in [1.82, 2.24) is 10.3 Å². The van der Waals surface area contributed by atoms with Gasteiger partial charge in [-0.2, -0.15) is 0 Å². The first-order chi connectivity index (χ1) is 6.77. The van der Waals surface area contributed by atoms with Crippen molar-refractivity contribution in [3.8, 4) is 0 Å². The highest BCUT2D eigenvalue weighted by Crippen LogP contribution is 2.41. The van der Waals surface area contributed by atoms with Gasteiger partial charge in [0.25, 0.3) is 0 Å². The first kappa shape index (κ1) is 10.1. The number of rotatable bonds is 5. The molecule has 1 heterocycles. The SMILES string of the molecule is CC(C)CNCc1scnc1C1CC1. The van der Waals surface area contributed by atoms with E-state index in [1.54, 1.807) is 11.3 Å². The van der Waals surface area contributed by atoms with Crippen LogP contribution >= 0.6 is 11.3 Å². The molecule has 0 saturated heterocycles. The maximum Gasteiger partial charge on any atom is 0.0798 e. The average Bonchev–Trinajstić information content (AvgIpc) is 2.87. The van der Waals surface area contributed by atoms with Gasteiger partial charge in [-0.15, -0.1) is 11.3 Å². The van der Waals surface area contributed by atoms with E-state index in [1.165, 1.54) is 23.4 Å². The number of hydrogen-bond acceptors (Lipinski definition) is 3. The second-order valence-electron chi connectivity index (χ2n) is 4.46. The molecule has 3 heteroatoms.